The van der Waals surface area contributed by atoms with E-state index in [0.29, 0.717) is 12.5 Å². The fourth-order valence-electron chi connectivity index (χ4n) is 1.17. The molecule has 0 saturated carbocycles. The Morgan fingerprint density at radius 3 is 2.91 bits per heavy atom. The van der Waals surface area contributed by atoms with Gasteiger partial charge in [0.1, 0.15) is 0 Å². The van der Waals surface area contributed by atoms with Gasteiger partial charge in [0.25, 0.3) is 0 Å². The van der Waals surface area contributed by atoms with E-state index < -0.39 is 0 Å². The van der Waals surface area contributed by atoms with Gasteiger partial charge >= 0.3 is 0 Å². The Balaban J connectivity index is 2.73. The second-order valence-electron chi connectivity index (χ2n) is 2.69. The predicted molar refractivity (Wildman–Crippen MR) is 47.7 cm³/mol. The maximum Gasteiger partial charge on any atom is 0.0321 e. The first kappa shape index (κ1) is 8.08. The van der Waals surface area contributed by atoms with E-state index in [4.69, 9.17) is 11.5 Å². The van der Waals surface area contributed by atoms with Gasteiger partial charge in [-0.3, -0.25) is 0 Å². The molecule has 0 aliphatic heterocycles. The van der Waals surface area contributed by atoms with Crippen LogP contribution in [0.25, 0.3) is 0 Å². The zero-order valence-corrected chi connectivity index (χ0v) is 6.59. The van der Waals surface area contributed by atoms with Crippen molar-refractivity contribution in [3.63, 3.8) is 0 Å². The van der Waals surface area contributed by atoms with E-state index in [0.717, 1.165) is 17.7 Å². The standard InChI is InChI=1S/C9H14N2/c1-2-7-3-4-8(6-10)9(11)5-7/h2,4-5,7H,1,3,6,10-11H2. The molecule has 1 unspecified atom stereocenters. The largest absolute Gasteiger partial charge is 0.399 e. The van der Waals surface area contributed by atoms with Crippen LogP contribution in [0.2, 0.25) is 0 Å². The van der Waals surface area contributed by atoms with Gasteiger partial charge in [0.05, 0.1) is 0 Å². The summed E-state index contributed by atoms with van der Waals surface area (Å²) in [6.45, 7) is 4.24. The fraction of sp³-hybridized carbons (Fsp3) is 0.333. The molecule has 0 bridgehead atoms. The Hall–Kier alpha value is -1.02. The SMILES string of the molecule is C=CC1C=C(N)C(CN)=CC1. The van der Waals surface area contributed by atoms with E-state index in [2.05, 4.69) is 12.7 Å². The van der Waals surface area contributed by atoms with E-state index in [-0.39, 0.29) is 0 Å². The highest BCUT2D eigenvalue weighted by Gasteiger charge is 2.08. The Bertz CT molecular complexity index is 214. The highest BCUT2D eigenvalue weighted by molar-refractivity contribution is 5.34. The van der Waals surface area contributed by atoms with Crippen molar-refractivity contribution in [2.45, 2.75) is 6.42 Å². The van der Waals surface area contributed by atoms with Crippen molar-refractivity contribution in [1.82, 2.24) is 0 Å². The van der Waals surface area contributed by atoms with Crippen molar-refractivity contribution in [3.8, 4) is 0 Å². The zero-order chi connectivity index (χ0) is 8.27. The smallest absolute Gasteiger partial charge is 0.0321 e. The Morgan fingerprint density at radius 2 is 2.45 bits per heavy atom. The molecule has 0 aromatic rings. The lowest BCUT2D eigenvalue weighted by Gasteiger charge is -2.15. The first-order valence-electron chi connectivity index (χ1n) is 3.77. The molecule has 1 aliphatic rings. The minimum absolute atomic E-state index is 0.394. The molecule has 0 fully saturated rings. The molecule has 0 amide bonds. The molecule has 0 spiro atoms. The van der Waals surface area contributed by atoms with Crippen LogP contribution in [0.1, 0.15) is 6.42 Å². The van der Waals surface area contributed by atoms with E-state index in [1.54, 1.807) is 0 Å². The zero-order valence-electron chi connectivity index (χ0n) is 6.59. The van der Waals surface area contributed by atoms with Gasteiger partial charge in [-0.2, -0.15) is 0 Å². The van der Waals surface area contributed by atoms with Crippen LogP contribution >= 0.6 is 0 Å². The normalized spacial score (nSPS) is 23.9. The molecule has 0 saturated heterocycles. The van der Waals surface area contributed by atoms with E-state index in [1.165, 1.54) is 0 Å². The Morgan fingerprint density at radius 1 is 1.73 bits per heavy atom. The summed E-state index contributed by atoms with van der Waals surface area (Å²) >= 11 is 0. The lowest BCUT2D eigenvalue weighted by atomic mass is 9.95. The summed E-state index contributed by atoms with van der Waals surface area (Å²) in [4.78, 5) is 0. The lowest BCUT2D eigenvalue weighted by Crippen LogP contribution is -2.15. The summed E-state index contributed by atoms with van der Waals surface area (Å²) in [6, 6.07) is 0. The van der Waals surface area contributed by atoms with Crippen molar-refractivity contribution in [2.75, 3.05) is 6.54 Å². The molecule has 11 heavy (non-hydrogen) atoms. The molecule has 4 N–H and O–H groups in total. The van der Waals surface area contributed by atoms with Crippen molar-refractivity contribution in [2.24, 2.45) is 17.4 Å². The number of allylic oxidation sites excluding steroid dienone is 3. The summed E-state index contributed by atoms with van der Waals surface area (Å²) in [5.41, 5.74) is 13.1. The second kappa shape index (κ2) is 3.39. The van der Waals surface area contributed by atoms with Crippen LogP contribution in [0.5, 0.6) is 0 Å². The average molecular weight is 150 g/mol. The second-order valence-corrected chi connectivity index (χ2v) is 2.69. The van der Waals surface area contributed by atoms with Crippen LogP contribution in [-0.4, -0.2) is 6.54 Å². The van der Waals surface area contributed by atoms with Crippen LogP contribution in [0.4, 0.5) is 0 Å². The van der Waals surface area contributed by atoms with Gasteiger partial charge < -0.3 is 11.5 Å². The first-order valence-corrected chi connectivity index (χ1v) is 3.77. The van der Waals surface area contributed by atoms with Crippen molar-refractivity contribution in [1.29, 1.82) is 0 Å². The molecule has 0 heterocycles. The molecule has 0 aromatic carbocycles. The van der Waals surface area contributed by atoms with E-state index in [9.17, 15) is 0 Å². The van der Waals surface area contributed by atoms with Gasteiger partial charge in [-0.05, 0) is 12.0 Å². The maximum atomic E-state index is 5.72. The van der Waals surface area contributed by atoms with Gasteiger partial charge in [-0.1, -0.05) is 18.2 Å². The van der Waals surface area contributed by atoms with Crippen LogP contribution in [0, 0.1) is 5.92 Å². The molecule has 60 valence electrons. The summed E-state index contributed by atoms with van der Waals surface area (Å²) < 4.78 is 0. The topological polar surface area (TPSA) is 52.0 Å². The van der Waals surface area contributed by atoms with E-state index in [1.807, 2.05) is 12.2 Å². The quantitative estimate of drug-likeness (QED) is 0.575. The van der Waals surface area contributed by atoms with Gasteiger partial charge in [0.2, 0.25) is 0 Å². The first-order chi connectivity index (χ1) is 5.27. The van der Waals surface area contributed by atoms with Crippen molar-refractivity contribution < 1.29 is 0 Å². The average Bonchev–Trinajstić information content (AvgIpc) is 2.04. The van der Waals surface area contributed by atoms with Crippen LogP contribution in [-0.2, 0) is 0 Å². The molecular formula is C9H14N2. The number of rotatable bonds is 2. The van der Waals surface area contributed by atoms with E-state index >= 15 is 0 Å². The Kier molecular flexibility index (Phi) is 2.49. The van der Waals surface area contributed by atoms with Crippen molar-refractivity contribution >= 4 is 0 Å². The number of nitrogens with two attached hydrogens (primary N) is 2. The van der Waals surface area contributed by atoms with Crippen molar-refractivity contribution in [3.05, 3.63) is 36.1 Å². The molecule has 0 aromatic heterocycles. The molecule has 2 nitrogen and oxygen atoms in total. The molecular weight excluding hydrogens is 136 g/mol. The third kappa shape index (κ3) is 1.71. The van der Waals surface area contributed by atoms with Crippen LogP contribution in [0.3, 0.4) is 0 Å². The molecule has 0 radical (unpaired) electrons. The highest BCUT2D eigenvalue weighted by atomic mass is 14.6. The minimum atomic E-state index is 0.394. The third-order valence-electron chi connectivity index (χ3n) is 1.92. The summed E-state index contributed by atoms with van der Waals surface area (Å²) in [7, 11) is 0. The highest BCUT2D eigenvalue weighted by Crippen LogP contribution is 2.19. The fourth-order valence-corrected chi connectivity index (χ4v) is 1.17. The number of hydrogen-bond acceptors (Lipinski definition) is 2. The summed E-state index contributed by atoms with van der Waals surface area (Å²) in [5.74, 6) is 0.394. The Labute approximate surface area is 67.3 Å². The molecule has 1 rings (SSSR count). The lowest BCUT2D eigenvalue weighted by molar-refractivity contribution is 0.794. The van der Waals surface area contributed by atoms with Crippen LogP contribution in [0.15, 0.2) is 36.1 Å². The van der Waals surface area contributed by atoms with Gasteiger partial charge in [-0.15, -0.1) is 6.58 Å². The third-order valence-corrected chi connectivity index (χ3v) is 1.92. The van der Waals surface area contributed by atoms with Gasteiger partial charge in [-0.25, -0.2) is 0 Å². The van der Waals surface area contributed by atoms with Crippen LogP contribution < -0.4 is 11.5 Å². The van der Waals surface area contributed by atoms with Gasteiger partial charge in [0, 0.05) is 18.2 Å². The summed E-state index contributed by atoms with van der Waals surface area (Å²) in [6.07, 6.45) is 6.98. The molecule has 2 heteroatoms. The molecule has 1 atom stereocenters. The number of hydrogen-bond donors (Lipinski definition) is 2. The summed E-state index contributed by atoms with van der Waals surface area (Å²) in [5, 5.41) is 0. The minimum Gasteiger partial charge on any atom is -0.399 e. The monoisotopic (exact) mass is 150 g/mol. The predicted octanol–water partition coefficient (Wildman–Crippen LogP) is 0.920. The maximum absolute atomic E-state index is 5.72. The van der Waals surface area contributed by atoms with Gasteiger partial charge in [0.15, 0.2) is 0 Å². The molecule has 1 aliphatic carbocycles.